The standard InChI is InChI=1S/C20H20F2O9S/c1-32(27,28)31-15(12-29-17(23)13-8-4-2-5-9-13)16(20(21,22)19(25)26)30-18(24)14-10-6-3-7-11-14/h2-11,15-16,19,25-26H,12H2,1H3/t15-,16-/m1/s1. The molecule has 2 aromatic carbocycles. The molecule has 0 aliphatic carbocycles. The Hall–Kier alpha value is -2.93. The van der Waals surface area contributed by atoms with Crippen LogP contribution in [0.4, 0.5) is 8.78 Å². The second-order valence-electron chi connectivity index (χ2n) is 6.54. The number of aliphatic hydroxyl groups excluding tert-OH is 1. The van der Waals surface area contributed by atoms with Gasteiger partial charge in [-0.3, -0.25) is 4.18 Å². The molecule has 0 radical (unpaired) electrons. The zero-order valence-corrected chi connectivity index (χ0v) is 17.4. The highest BCUT2D eigenvalue weighted by molar-refractivity contribution is 7.86. The molecule has 2 atom stereocenters. The van der Waals surface area contributed by atoms with Gasteiger partial charge in [0.25, 0.3) is 10.1 Å². The molecular formula is C20H20F2O9S. The zero-order chi connectivity index (χ0) is 23.9. The van der Waals surface area contributed by atoms with Crippen LogP contribution in [0.5, 0.6) is 0 Å². The molecule has 2 N–H and O–H groups in total. The maximum Gasteiger partial charge on any atom is 0.338 e. The predicted octanol–water partition coefficient (Wildman–Crippen LogP) is 1.36. The summed E-state index contributed by atoms with van der Waals surface area (Å²) in [5.74, 6) is -6.93. The fourth-order valence-corrected chi connectivity index (χ4v) is 3.12. The first-order valence-corrected chi connectivity index (χ1v) is 10.8. The van der Waals surface area contributed by atoms with Crippen LogP contribution in [0, 0.1) is 0 Å². The number of esters is 2. The van der Waals surface area contributed by atoms with E-state index in [9.17, 15) is 26.8 Å². The van der Waals surface area contributed by atoms with Gasteiger partial charge in [0.15, 0.2) is 6.10 Å². The number of benzene rings is 2. The number of carbonyl (C=O) groups is 2. The van der Waals surface area contributed by atoms with Crippen molar-refractivity contribution in [2.75, 3.05) is 12.9 Å². The van der Waals surface area contributed by atoms with Gasteiger partial charge in [0, 0.05) is 0 Å². The van der Waals surface area contributed by atoms with Crippen molar-refractivity contribution in [3.05, 3.63) is 71.8 Å². The number of ether oxygens (including phenoxy) is 2. The minimum absolute atomic E-state index is 0.0254. The lowest BCUT2D eigenvalue weighted by Gasteiger charge is -2.32. The van der Waals surface area contributed by atoms with E-state index in [4.69, 9.17) is 19.7 Å². The summed E-state index contributed by atoms with van der Waals surface area (Å²) in [7, 11) is -4.45. The zero-order valence-electron chi connectivity index (χ0n) is 16.6. The first-order valence-electron chi connectivity index (χ1n) is 9.02. The first kappa shape index (κ1) is 25.3. The molecule has 174 valence electrons. The average molecular weight is 474 g/mol. The highest BCUT2D eigenvalue weighted by Crippen LogP contribution is 2.30. The van der Waals surface area contributed by atoms with Crippen LogP contribution in [0.2, 0.25) is 0 Å². The summed E-state index contributed by atoms with van der Waals surface area (Å²) >= 11 is 0. The van der Waals surface area contributed by atoms with Crippen LogP contribution >= 0.6 is 0 Å². The van der Waals surface area contributed by atoms with E-state index in [1.165, 1.54) is 48.5 Å². The van der Waals surface area contributed by atoms with Gasteiger partial charge in [-0.05, 0) is 24.3 Å². The molecule has 9 nitrogen and oxygen atoms in total. The first-order chi connectivity index (χ1) is 14.9. The van der Waals surface area contributed by atoms with Crippen LogP contribution in [0.15, 0.2) is 60.7 Å². The Morgan fingerprint density at radius 2 is 1.41 bits per heavy atom. The second kappa shape index (κ2) is 10.6. The number of aliphatic hydroxyl groups is 2. The van der Waals surface area contributed by atoms with Gasteiger partial charge in [0.1, 0.15) is 6.61 Å². The van der Waals surface area contributed by atoms with Crippen LogP contribution in [0.25, 0.3) is 0 Å². The Bertz CT molecular complexity index is 1010. The molecular weight excluding hydrogens is 454 g/mol. The Labute approximate surface area is 182 Å². The number of rotatable bonds is 10. The van der Waals surface area contributed by atoms with E-state index < -0.39 is 53.1 Å². The van der Waals surface area contributed by atoms with Crippen LogP contribution < -0.4 is 0 Å². The summed E-state index contributed by atoms with van der Waals surface area (Å²) < 4.78 is 66.6. The van der Waals surface area contributed by atoms with Gasteiger partial charge >= 0.3 is 17.9 Å². The van der Waals surface area contributed by atoms with Gasteiger partial charge in [-0.15, -0.1) is 0 Å². The second-order valence-corrected chi connectivity index (χ2v) is 8.14. The van der Waals surface area contributed by atoms with Crippen molar-refractivity contribution in [1.29, 1.82) is 0 Å². The fourth-order valence-electron chi connectivity index (χ4n) is 2.51. The van der Waals surface area contributed by atoms with Crippen molar-refractivity contribution in [2.45, 2.75) is 24.4 Å². The molecule has 32 heavy (non-hydrogen) atoms. The number of carbonyl (C=O) groups excluding carboxylic acids is 2. The van der Waals surface area contributed by atoms with Crippen LogP contribution in [0.1, 0.15) is 20.7 Å². The molecule has 0 bridgehead atoms. The monoisotopic (exact) mass is 474 g/mol. The average Bonchev–Trinajstić information content (AvgIpc) is 2.74. The van der Waals surface area contributed by atoms with Crippen molar-refractivity contribution in [1.82, 2.24) is 0 Å². The van der Waals surface area contributed by atoms with E-state index in [2.05, 4.69) is 4.18 Å². The lowest BCUT2D eigenvalue weighted by molar-refractivity contribution is -0.263. The molecule has 0 saturated heterocycles. The third-order valence-corrected chi connectivity index (χ3v) is 4.59. The smallest absolute Gasteiger partial charge is 0.338 e. The van der Waals surface area contributed by atoms with Crippen LogP contribution in [0.3, 0.4) is 0 Å². The van der Waals surface area contributed by atoms with Crippen molar-refractivity contribution in [3.8, 4) is 0 Å². The lowest BCUT2D eigenvalue weighted by Crippen LogP contribution is -2.55. The van der Waals surface area contributed by atoms with E-state index in [0.717, 1.165) is 0 Å². The molecule has 0 spiro atoms. The lowest BCUT2D eigenvalue weighted by atomic mass is 10.1. The minimum Gasteiger partial charge on any atom is -0.459 e. The largest absolute Gasteiger partial charge is 0.459 e. The summed E-state index contributed by atoms with van der Waals surface area (Å²) in [6.07, 6.45) is -7.98. The van der Waals surface area contributed by atoms with Crippen LogP contribution in [-0.2, 0) is 23.8 Å². The Kier molecular flexibility index (Phi) is 8.38. The molecule has 0 fully saturated rings. The number of alkyl halides is 2. The normalized spacial score (nSPS) is 13.9. The van der Waals surface area contributed by atoms with Crippen LogP contribution in [-0.4, -0.2) is 67.9 Å². The van der Waals surface area contributed by atoms with Gasteiger partial charge in [-0.2, -0.15) is 17.2 Å². The van der Waals surface area contributed by atoms with Crippen molar-refractivity contribution in [2.24, 2.45) is 0 Å². The molecule has 0 aliphatic rings. The van der Waals surface area contributed by atoms with E-state index >= 15 is 0 Å². The molecule has 2 aromatic rings. The minimum atomic E-state index is -4.60. The van der Waals surface area contributed by atoms with Gasteiger partial charge < -0.3 is 19.7 Å². The maximum atomic E-state index is 14.6. The summed E-state index contributed by atoms with van der Waals surface area (Å²) in [6, 6.07) is 14.1. The molecule has 2 rings (SSSR count). The number of hydrogen-bond donors (Lipinski definition) is 2. The Morgan fingerprint density at radius 3 is 1.84 bits per heavy atom. The van der Waals surface area contributed by atoms with E-state index in [1.807, 2.05) is 0 Å². The third kappa shape index (κ3) is 7.05. The summed E-state index contributed by atoms with van der Waals surface area (Å²) in [5, 5.41) is 18.3. The van der Waals surface area contributed by atoms with Crippen molar-refractivity contribution >= 4 is 22.1 Å². The van der Waals surface area contributed by atoms with Crippen molar-refractivity contribution < 1.29 is 50.7 Å². The predicted molar refractivity (Wildman–Crippen MR) is 105 cm³/mol. The topological polar surface area (TPSA) is 136 Å². The maximum absolute atomic E-state index is 14.6. The molecule has 0 amide bonds. The Balaban J connectivity index is 2.35. The summed E-state index contributed by atoms with van der Waals surface area (Å²) in [4.78, 5) is 24.5. The van der Waals surface area contributed by atoms with E-state index in [-0.39, 0.29) is 11.1 Å². The summed E-state index contributed by atoms with van der Waals surface area (Å²) in [5.41, 5.74) is -0.155. The van der Waals surface area contributed by atoms with E-state index in [1.54, 1.807) is 12.1 Å². The van der Waals surface area contributed by atoms with Gasteiger partial charge in [0.2, 0.25) is 12.4 Å². The molecule has 0 heterocycles. The molecule has 0 unspecified atom stereocenters. The van der Waals surface area contributed by atoms with Gasteiger partial charge in [-0.25, -0.2) is 9.59 Å². The van der Waals surface area contributed by atoms with Gasteiger partial charge in [0.05, 0.1) is 17.4 Å². The fraction of sp³-hybridized carbons (Fsp3) is 0.300. The number of hydrogen-bond acceptors (Lipinski definition) is 9. The molecule has 0 aromatic heterocycles. The molecule has 0 saturated carbocycles. The Morgan fingerprint density at radius 1 is 0.938 bits per heavy atom. The van der Waals surface area contributed by atoms with Crippen molar-refractivity contribution in [3.63, 3.8) is 0 Å². The quantitative estimate of drug-likeness (QED) is 0.297. The highest BCUT2D eigenvalue weighted by Gasteiger charge is 2.54. The molecule has 12 heteroatoms. The summed E-state index contributed by atoms with van der Waals surface area (Å²) in [6.45, 7) is -1.12. The molecule has 0 aliphatic heterocycles. The van der Waals surface area contributed by atoms with E-state index in [0.29, 0.717) is 6.26 Å². The third-order valence-electron chi connectivity index (χ3n) is 3.99. The number of halogens is 2. The van der Waals surface area contributed by atoms with Gasteiger partial charge in [-0.1, -0.05) is 36.4 Å². The SMILES string of the molecule is CS(=O)(=O)O[C@H](COC(=O)c1ccccc1)[C@@H](OC(=O)c1ccccc1)C(F)(F)C(O)O. The highest BCUT2D eigenvalue weighted by atomic mass is 32.2.